The van der Waals surface area contributed by atoms with E-state index in [-0.39, 0.29) is 12.5 Å². The van der Waals surface area contributed by atoms with Gasteiger partial charge in [0.1, 0.15) is 0 Å². The number of hydrogen-bond acceptors (Lipinski definition) is 4. The van der Waals surface area contributed by atoms with Crippen molar-refractivity contribution in [2.45, 2.75) is 19.4 Å². The summed E-state index contributed by atoms with van der Waals surface area (Å²) in [4.78, 5) is 11.9. The molecule has 0 radical (unpaired) electrons. The van der Waals surface area contributed by atoms with Gasteiger partial charge in [-0.3, -0.25) is 9.89 Å². The van der Waals surface area contributed by atoms with E-state index < -0.39 is 6.10 Å². The Morgan fingerprint density at radius 3 is 3.11 bits per heavy atom. The lowest BCUT2D eigenvalue weighted by molar-refractivity contribution is 0.0910. The summed E-state index contributed by atoms with van der Waals surface area (Å²) >= 11 is 0. The second-order valence-corrected chi connectivity index (χ2v) is 4.15. The van der Waals surface area contributed by atoms with Crippen molar-refractivity contribution in [1.82, 2.24) is 15.5 Å². The number of nitrogen functional groups attached to an aromatic ring is 1. The van der Waals surface area contributed by atoms with Crippen LogP contribution in [0.15, 0.2) is 18.2 Å². The predicted molar refractivity (Wildman–Crippen MR) is 69.1 cm³/mol. The Morgan fingerprint density at radius 2 is 2.39 bits per heavy atom. The molecule has 1 amide bonds. The van der Waals surface area contributed by atoms with E-state index in [9.17, 15) is 9.90 Å². The maximum atomic E-state index is 11.9. The number of nitrogens with two attached hydrogens (primary N) is 1. The number of aliphatic hydroxyl groups excluding tert-OH is 1. The topological polar surface area (TPSA) is 104 Å². The number of aromatic amines is 1. The molecule has 2 rings (SSSR count). The molecule has 0 aliphatic rings. The summed E-state index contributed by atoms with van der Waals surface area (Å²) in [6, 6.07) is 5.21. The molecule has 18 heavy (non-hydrogen) atoms. The predicted octanol–water partition coefficient (Wildman–Crippen LogP) is 0.646. The molecular weight excluding hydrogens is 232 g/mol. The fraction of sp³-hybridized carbons (Fsp3) is 0.333. The van der Waals surface area contributed by atoms with Crippen LogP contribution >= 0.6 is 0 Å². The highest BCUT2D eigenvalue weighted by atomic mass is 16.3. The van der Waals surface area contributed by atoms with Crippen LogP contribution in [0.1, 0.15) is 23.8 Å². The summed E-state index contributed by atoms with van der Waals surface area (Å²) in [6.45, 7) is 2.06. The van der Waals surface area contributed by atoms with Gasteiger partial charge in [-0.15, -0.1) is 0 Å². The van der Waals surface area contributed by atoms with E-state index >= 15 is 0 Å². The highest BCUT2D eigenvalue weighted by molar-refractivity contribution is 6.05. The van der Waals surface area contributed by atoms with E-state index in [0.29, 0.717) is 23.2 Å². The molecule has 96 valence electrons. The molecule has 1 unspecified atom stereocenters. The molecule has 5 N–H and O–H groups in total. The number of anilines is 1. The van der Waals surface area contributed by atoms with Gasteiger partial charge in [0.2, 0.25) is 0 Å². The maximum Gasteiger partial charge on any atom is 0.272 e. The number of rotatable bonds is 4. The first-order chi connectivity index (χ1) is 8.61. The number of hydrogen-bond donors (Lipinski definition) is 4. The molecule has 1 atom stereocenters. The first kappa shape index (κ1) is 12.4. The zero-order valence-corrected chi connectivity index (χ0v) is 10.1. The molecule has 0 saturated heterocycles. The molecule has 0 aliphatic heterocycles. The molecular formula is C12H16N4O2. The largest absolute Gasteiger partial charge is 0.399 e. The monoisotopic (exact) mass is 248 g/mol. The number of amides is 1. The molecule has 6 nitrogen and oxygen atoms in total. The summed E-state index contributed by atoms with van der Waals surface area (Å²) in [5.74, 6) is -0.320. The van der Waals surface area contributed by atoms with Crippen LogP contribution in [-0.2, 0) is 0 Å². The number of aromatic nitrogens is 2. The average Bonchev–Trinajstić information content (AvgIpc) is 2.78. The zero-order valence-electron chi connectivity index (χ0n) is 10.1. The number of benzene rings is 1. The zero-order chi connectivity index (χ0) is 13.1. The highest BCUT2D eigenvalue weighted by Crippen LogP contribution is 2.18. The van der Waals surface area contributed by atoms with Crippen molar-refractivity contribution in [1.29, 1.82) is 0 Å². The third-order valence-electron chi connectivity index (χ3n) is 2.77. The summed E-state index contributed by atoms with van der Waals surface area (Å²) in [7, 11) is 0. The Balaban J connectivity index is 2.20. The minimum absolute atomic E-state index is 0.214. The lowest BCUT2D eigenvalue weighted by atomic mass is 10.2. The Hall–Kier alpha value is -2.08. The minimum Gasteiger partial charge on any atom is -0.399 e. The van der Waals surface area contributed by atoms with Crippen molar-refractivity contribution in [3.8, 4) is 0 Å². The molecule has 0 saturated carbocycles. The standard InChI is InChI=1S/C12H16N4O2/c1-2-8(17)6-14-12(18)11-9-5-7(13)3-4-10(9)15-16-11/h3-5,8,17H,2,6,13H2,1H3,(H,14,18)(H,15,16). The average molecular weight is 248 g/mol. The maximum absolute atomic E-state index is 11.9. The van der Waals surface area contributed by atoms with E-state index in [1.807, 2.05) is 6.92 Å². The Bertz CT molecular complexity index is 564. The van der Waals surface area contributed by atoms with Gasteiger partial charge in [0.15, 0.2) is 5.69 Å². The van der Waals surface area contributed by atoms with Crippen LogP contribution in [0.2, 0.25) is 0 Å². The van der Waals surface area contributed by atoms with E-state index in [4.69, 9.17) is 5.73 Å². The van der Waals surface area contributed by atoms with Crippen molar-refractivity contribution in [3.63, 3.8) is 0 Å². The van der Waals surface area contributed by atoms with Gasteiger partial charge in [0.05, 0.1) is 11.6 Å². The number of nitrogens with zero attached hydrogens (tertiary/aromatic N) is 1. The third kappa shape index (κ3) is 2.43. The van der Waals surface area contributed by atoms with Crippen molar-refractivity contribution < 1.29 is 9.90 Å². The number of carbonyl (C=O) groups is 1. The Kier molecular flexibility index (Phi) is 3.47. The van der Waals surface area contributed by atoms with Gasteiger partial charge < -0.3 is 16.2 Å². The smallest absolute Gasteiger partial charge is 0.272 e. The number of aliphatic hydroxyl groups is 1. The van der Waals surface area contributed by atoms with E-state index in [2.05, 4.69) is 15.5 Å². The lowest BCUT2D eigenvalue weighted by Crippen LogP contribution is -2.32. The van der Waals surface area contributed by atoms with Crippen LogP contribution in [0.3, 0.4) is 0 Å². The van der Waals surface area contributed by atoms with Crippen LogP contribution in [0, 0.1) is 0 Å². The highest BCUT2D eigenvalue weighted by Gasteiger charge is 2.14. The molecule has 0 bridgehead atoms. The van der Waals surface area contributed by atoms with Crippen molar-refractivity contribution in [2.24, 2.45) is 0 Å². The molecule has 6 heteroatoms. The van der Waals surface area contributed by atoms with Gasteiger partial charge in [-0.25, -0.2) is 0 Å². The molecule has 0 fully saturated rings. The van der Waals surface area contributed by atoms with Crippen molar-refractivity contribution in [3.05, 3.63) is 23.9 Å². The first-order valence-electron chi connectivity index (χ1n) is 5.81. The molecule has 1 heterocycles. The van der Waals surface area contributed by atoms with Crippen LogP contribution < -0.4 is 11.1 Å². The summed E-state index contributed by atoms with van der Waals surface area (Å²) < 4.78 is 0. The minimum atomic E-state index is -0.538. The molecule has 0 spiro atoms. The first-order valence-corrected chi connectivity index (χ1v) is 5.81. The van der Waals surface area contributed by atoms with Gasteiger partial charge in [-0.05, 0) is 24.6 Å². The number of nitrogens with one attached hydrogen (secondary N) is 2. The second-order valence-electron chi connectivity index (χ2n) is 4.15. The Morgan fingerprint density at radius 1 is 1.61 bits per heavy atom. The fourth-order valence-electron chi connectivity index (χ4n) is 1.64. The molecule has 1 aromatic heterocycles. The number of H-pyrrole nitrogens is 1. The van der Waals surface area contributed by atoms with Gasteiger partial charge in [-0.1, -0.05) is 6.92 Å². The van der Waals surface area contributed by atoms with Gasteiger partial charge in [-0.2, -0.15) is 5.10 Å². The number of fused-ring (bicyclic) bond motifs is 1. The SMILES string of the molecule is CCC(O)CNC(=O)c1n[nH]c2ccc(N)cc12. The quantitative estimate of drug-likeness (QED) is 0.596. The van der Waals surface area contributed by atoms with Crippen LogP contribution in [0.25, 0.3) is 10.9 Å². The van der Waals surface area contributed by atoms with Crippen molar-refractivity contribution >= 4 is 22.5 Å². The van der Waals surface area contributed by atoms with Crippen LogP contribution in [-0.4, -0.2) is 33.9 Å². The van der Waals surface area contributed by atoms with Crippen LogP contribution in [0.5, 0.6) is 0 Å². The second kappa shape index (κ2) is 5.05. The van der Waals surface area contributed by atoms with Gasteiger partial charge in [0, 0.05) is 17.6 Å². The number of carbonyl (C=O) groups excluding carboxylic acids is 1. The summed E-state index contributed by atoms with van der Waals surface area (Å²) in [5.41, 5.74) is 7.31. The van der Waals surface area contributed by atoms with Crippen LogP contribution in [0.4, 0.5) is 5.69 Å². The fourth-order valence-corrected chi connectivity index (χ4v) is 1.64. The normalized spacial score (nSPS) is 12.6. The van der Waals surface area contributed by atoms with Gasteiger partial charge in [0.25, 0.3) is 5.91 Å². The molecule has 0 aliphatic carbocycles. The van der Waals surface area contributed by atoms with E-state index in [1.54, 1.807) is 18.2 Å². The summed E-state index contributed by atoms with van der Waals surface area (Å²) in [6.07, 6.45) is 0.0541. The van der Waals surface area contributed by atoms with Gasteiger partial charge >= 0.3 is 0 Å². The molecule has 1 aromatic carbocycles. The van der Waals surface area contributed by atoms with Crippen molar-refractivity contribution in [2.75, 3.05) is 12.3 Å². The lowest BCUT2D eigenvalue weighted by Gasteiger charge is -2.08. The Labute approximate surface area is 104 Å². The summed E-state index contributed by atoms with van der Waals surface area (Å²) in [5, 5.41) is 19.4. The molecule has 2 aromatic rings. The van der Waals surface area contributed by atoms with E-state index in [0.717, 1.165) is 5.52 Å². The van der Waals surface area contributed by atoms with E-state index in [1.165, 1.54) is 0 Å². The third-order valence-corrected chi connectivity index (χ3v) is 2.77.